The second-order valence-electron chi connectivity index (χ2n) is 13.6. The summed E-state index contributed by atoms with van der Waals surface area (Å²) in [5.41, 5.74) is 1.30. The van der Waals surface area contributed by atoms with Gasteiger partial charge in [0.1, 0.15) is 5.75 Å². The van der Waals surface area contributed by atoms with Gasteiger partial charge in [-0.2, -0.15) is 0 Å². The summed E-state index contributed by atoms with van der Waals surface area (Å²) < 4.78 is 35.3. The molecule has 0 radical (unpaired) electrons. The quantitative estimate of drug-likeness (QED) is 0.381. The Morgan fingerprint density at radius 2 is 1.98 bits per heavy atom. The highest BCUT2D eigenvalue weighted by Gasteiger charge is 2.49. The summed E-state index contributed by atoms with van der Waals surface area (Å²) in [6, 6.07) is 11.0. The van der Waals surface area contributed by atoms with Crippen LogP contribution in [0.1, 0.15) is 73.9 Å². The van der Waals surface area contributed by atoms with Crippen LogP contribution >= 0.6 is 11.6 Å². The van der Waals surface area contributed by atoms with Gasteiger partial charge in [0.2, 0.25) is 10.0 Å². The molecule has 0 aromatic heterocycles. The number of nitrogens with one attached hydrogen (secondary N) is 1. The molecule has 2 heterocycles. The molecule has 1 fully saturated rings. The third-order valence-electron chi connectivity index (χ3n) is 10.7. The van der Waals surface area contributed by atoms with E-state index in [0.717, 1.165) is 25.7 Å². The Hall–Kier alpha value is -3.08. The number of carbonyl (C=O) groups is 2. The van der Waals surface area contributed by atoms with Gasteiger partial charge in [0, 0.05) is 29.1 Å². The van der Waals surface area contributed by atoms with Crippen LogP contribution in [0.2, 0.25) is 5.02 Å². The Kier molecular flexibility index (Phi) is 8.46. The standard InChI is InChI=1S/C34H41ClN2O7S/c1-21-5-3-14-34(41,17-31(38)39)28-10-7-25(28)18-37-19-33(13-4-6-23-15-26(35)9-11-27(23)33)20-44-30-12-8-24(16-29(30)37)32(40)36-45(42,43)22(21)2/h3,8-9,11-12,14-16,21-22,25,28,41H,4-7,10,13,17-20H2,1-2H3,(H,36,40)(H,38,39)/b14-3+/t21-,22+,25-,28+,33-,34+/m0/s1. The van der Waals surface area contributed by atoms with Crippen LogP contribution in [0.25, 0.3) is 0 Å². The molecule has 45 heavy (non-hydrogen) atoms. The van der Waals surface area contributed by atoms with Crippen LogP contribution in [0.4, 0.5) is 5.69 Å². The smallest absolute Gasteiger partial charge is 0.306 e. The first-order chi connectivity index (χ1) is 21.3. The lowest BCUT2D eigenvalue weighted by Crippen LogP contribution is -2.53. The molecule has 2 aromatic carbocycles. The molecule has 2 aromatic rings. The molecule has 4 aliphatic rings. The van der Waals surface area contributed by atoms with Gasteiger partial charge in [-0.15, -0.1) is 0 Å². The fourth-order valence-electron chi connectivity index (χ4n) is 7.81. The van der Waals surface area contributed by atoms with Crippen molar-refractivity contribution < 1.29 is 33.0 Å². The second kappa shape index (κ2) is 11.9. The van der Waals surface area contributed by atoms with E-state index in [1.54, 1.807) is 44.2 Å². The molecule has 242 valence electrons. The SMILES string of the molecule is C[C@@H]1[C@@H](C)C/C=C/[C@@](O)(CC(=O)O)[C@@H]2CC[C@H]2CN2C[C@@]3(CCCc4cc(Cl)ccc43)COc3ccc(cc32)C(=O)NS1(=O)=O. The predicted molar refractivity (Wildman–Crippen MR) is 172 cm³/mol. The largest absolute Gasteiger partial charge is 0.490 e. The van der Waals surface area contributed by atoms with Gasteiger partial charge in [-0.05, 0) is 105 Å². The van der Waals surface area contributed by atoms with E-state index in [0.29, 0.717) is 49.0 Å². The van der Waals surface area contributed by atoms with Crippen molar-refractivity contribution in [2.75, 3.05) is 24.6 Å². The van der Waals surface area contributed by atoms with Crippen molar-refractivity contribution in [3.63, 3.8) is 0 Å². The maximum absolute atomic E-state index is 13.4. The number of aliphatic carboxylic acids is 1. The summed E-state index contributed by atoms with van der Waals surface area (Å²) in [6.45, 7) is 4.81. The molecule has 2 aliphatic heterocycles. The summed E-state index contributed by atoms with van der Waals surface area (Å²) in [7, 11) is -4.04. The fourth-order valence-corrected chi connectivity index (χ4v) is 9.28. The minimum absolute atomic E-state index is 0.0163. The van der Waals surface area contributed by atoms with Crippen molar-refractivity contribution in [2.24, 2.45) is 17.8 Å². The number of carbonyl (C=O) groups excluding carboxylic acids is 1. The van der Waals surface area contributed by atoms with E-state index < -0.39 is 45.1 Å². The lowest BCUT2D eigenvalue weighted by atomic mass is 9.63. The molecule has 1 amide bonds. The van der Waals surface area contributed by atoms with Crippen LogP contribution in [0, 0.1) is 17.8 Å². The van der Waals surface area contributed by atoms with E-state index in [2.05, 4.69) is 15.7 Å². The summed E-state index contributed by atoms with van der Waals surface area (Å²) in [4.78, 5) is 27.6. The fraction of sp³-hybridized carbons (Fsp3) is 0.529. The number of carboxylic acid groups (broad SMARTS) is 1. The average Bonchev–Trinajstić information content (AvgIpc) is 3.10. The number of hydrogen-bond acceptors (Lipinski definition) is 7. The van der Waals surface area contributed by atoms with Gasteiger partial charge in [0.25, 0.3) is 5.91 Å². The Balaban J connectivity index is 1.46. The number of rotatable bonds is 2. The highest BCUT2D eigenvalue weighted by atomic mass is 35.5. The van der Waals surface area contributed by atoms with Crippen LogP contribution < -0.4 is 14.4 Å². The molecule has 6 atom stereocenters. The number of sulfonamides is 1. The van der Waals surface area contributed by atoms with Gasteiger partial charge in [-0.3, -0.25) is 9.59 Å². The van der Waals surface area contributed by atoms with E-state index >= 15 is 0 Å². The van der Waals surface area contributed by atoms with E-state index in [-0.39, 0.29) is 22.8 Å². The number of nitrogens with zero attached hydrogens (tertiary/aromatic N) is 1. The molecule has 2 aliphatic carbocycles. The highest BCUT2D eigenvalue weighted by Crippen LogP contribution is 2.49. The minimum Gasteiger partial charge on any atom is -0.490 e. The zero-order valence-corrected chi connectivity index (χ0v) is 27.2. The number of aliphatic hydroxyl groups is 1. The summed E-state index contributed by atoms with van der Waals surface area (Å²) in [5.74, 6) is -1.92. The Morgan fingerprint density at radius 3 is 2.71 bits per heavy atom. The number of benzene rings is 2. The minimum atomic E-state index is -4.04. The van der Waals surface area contributed by atoms with Crippen molar-refractivity contribution >= 4 is 39.2 Å². The number of halogens is 1. The third-order valence-corrected chi connectivity index (χ3v) is 12.8. The number of allylic oxidation sites excluding steroid dienone is 1. The maximum Gasteiger partial charge on any atom is 0.306 e. The van der Waals surface area contributed by atoms with Gasteiger partial charge in [0.05, 0.1) is 29.6 Å². The van der Waals surface area contributed by atoms with Gasteiger partial charge in [-0.25, -0.2) is 13.1 Å². The van der Waals surface area contributed by atoms with Gasteiger partial charge >= 0.3 is 5.97 Å². The highest BCUT2D eigenvalue weighted by molar-refractivity contribution is 7.90. The van der Waals surface area contributed by atoms with E-state index in [9.17, 15) is 28.2 Å². The van der Waals surface area contributed by atoms with Crippen molar-refractivity contribution in [1.29, 1.82) is 0 Å². The molecular formula is C34H41ClN2O7S. The molecule has 0 saturated heterocycles. The molecular weight excluding hydrogens is 616 g/mol. The van der Waals surface area contributed by atoms with Crippen molar-refractivity contribution in [2.45, 2.75) is 75.1 Å². The third kappa shape index (κ3) is 6.09. The van der Waals surface area contributed by atoms with Crippen molar-refractivity contribution in [1.82, 2.24) is 4.72 Å². The Morgan fingerprint density at radius 1 is 1.18 bits per heavy atom. The maximum atomic E-state index is 13.4. The monoisotopic (exact) mass is 656 g/mol. The number of amides is 1. The van der Waals surface area contributed by atoms with Crippen LogP contribution in [0.15, 0.2) is 48.6 Å². The summed E-state index contributed by atoms with van der Waals surface area (Å²) in [5, 5.41) is 21.4. The number of aryl methyl sites for hydroxylation is 1. The van der Waals surface area contributed by atoms with Crippen LogP contribution in [-0.4, -0.2) is 61.1 Å². The van der Waals surface area contributed by atoms with Crippen molar-refractivity contribution in [3.8, 4) is 5.75 Å². The van der Waals surface area contributed by atoms with Crippen LogP contribution in [0.3, 0.4) is 0 Å². The molecule has 1 saturated carbocycles. The molecule has 9 nitrogen and oxygen atoms in total. The van der Waals surface area contributed by atoms with Crippen molar-refractivity contribution in [3.05, 3.63) is 70.3 Å². The molecule has 0 unspecified atom stereocenters. The molecule has 11 heteroatoms. The first kappa shape index (κ1) is 31.9. The molecule has 1 spiro atoms. The van der Waals surface area contributed by atoms with E-state index in [4.69, 9.17) is 16.3 Å². The van der Waals surface area contributed by atoms with Gasteiger partial charge < -0.3 is 19.8 Å². The Bertz CT molecular complexity index is 1640. The van der Waals surface area contributed by atoms with E-state index in [1.807, 2.05) is 12.1 Å². The summed E-state index contributed by atoms with van der Waals surface area (Å²) in [6.07, 6.45) is 7.37. The van der Waals surface area contributed by atoms with Crippen LogP contribution in [0.5, 0.6) is 5.75 Å². The molecule has 6 rings (SSSR count). The second-order valence-corrected chi connectivity index (χ2v) is 16.1. The zero-order chi connectivity index (χ0) is 32.1. The Labute approximate surface area is 269 Å². The number of hydrogen-bond donors (Lipinski definition) is 3. The first-order valence-corrected chi connectivity index (χ1v) is 17.7. The number of anilines is 1. The number of fused-ring (bicyclic) bond motifs is 4. The topological polar surface area (TPSA) is 133 Å². The normalized spacial score (nSPS) is 33.4. The summed E-state index contributed by atoms with van der Waals surface area (Å²) >= 11 is 6.38. The molecule has 2 bridgehead atoms. The number of carboxylic acids is 1. The zero-order valence-electron chi connectivity index (χ0n) is 25.7. The molecule has 3 N–H and O–H groups in total. The lowest BCUT2D eigenvalue weighted by molar-refractivity contribution is -0.145. The predicted octanol–water partition coefficient (Wildman–Crippen LogP) is 5.09. The number of ether oxygens (including phenoxy) is 1. The van der Waals surface area contributed by atoms with E-state index in [1.165, 1.54) is 11.1 Å². The van der Waals surface area contributed by atoms with Crippen LogP contribution in [-0.2, 0) is 26.7 Å². The lowest BCUT2D eigenvalue weighted by Gasteiger charge is -2.49. The average molecular weight is 657 g/mol. The van der Waals surface area contributed by atoms with Gasteiger partial charge in [-0.1, -0.05) is 36.7 Å². The van der Waals surface area contributed by atoms with Gasteiger partial charge in [0.15, 0.2) is 0 Å². The first-order valence-electron chi connectivity index (χ1n) is 15.8.